The monoisotopic (exact) mass is 328 g/mol. The molecule has 0 aromatic heterocycles. The first-order valence-corrected chi connectivity index (χ1v) is 8.01. The van der Waals surface area contributed by atoms with Crippen LogP contribution in [0.4, 0.5) is 5.69 Å². The number of hydrazone groups is 1. The molecule has 0 spiro atoms. The van der Waals surface area contributed by atoms with Crippen molar-refractivity contribution in [3.05, 3.63) is 65.2 Å². The summed E-state index contributed by atoms with van der Waals surface area (Å²) in [6.45, 7) is 3.95. The van der Waals surface area contributed by atoms with Crippen LogP contribution < -0.4 is 16.7 Å². The topological polar surface area (TPSA) is 84.7 Å². The van der Waals surface area contributed by atoms with Crippen molar-refractivity contribution in [3.8, 4) is 0 Å². The Morgan fingerprint density at radius 3 is 2.52 bits per heavy atom. The third-order valence-electron chi connectivity index (χ3n) is 3.42. The van der Waals surface area contributed by atoms with Gasteiger partial charge in [0.2, 0.25) is 5.17 Å². The van der Waals surface area contributed by atoms with Crippen molar-refractivity contribution in [2.75, 3.05) is 5.01 Å². The zero-order chi connectivity index (χ0) is 16.8. The molecule has 0 fully saturated rings. The van der Waals surface area contributed by atoms with Crippen LogP contribution >= 0.6 is 11.8 Å². The summed E-state index contributed by atoms with van der Waals surface area (Å²) in [5.41, 5.74) is 3.77. The Bertz CT molecular complexity index is 703. The Morgan fingerprint density at radius 1 is 1.22 bits per heavy atom. The summed E-state index contributed by atoms with van der Waals surface area (Å²) >= 11 is 1.22. The number of hydrazine groups is 1. The number of carbonyl (C=O) groups is 1. The van der Waals surface area contributed by atoms with Crippen LogP contribution in [0.3, 0.4) is 0 Å². The van der Waals surface area contributed by atoms with Crippen molar-refractivity contribution in [2.45, 2.75) is 19.1 Å². The molecular formula is C17H20N4OS. The number of rotatable bonds is 4. The minimum atomic E-state index is -0.422. The minimum absolute atomic E-state index is 0.375. The van der Waals surface area contributed by atoms with E-state index < -0.39 is 5.25 Å². The number of aldehydes is 1. The van der Waals surface area contributed by atoms with Crippen molar-refractivity contribution in [1.29, 1.82) is 0 Å². The number of nitrogens with zero attached hydrogens (tertiary/aromatic N) is 2. The molecule has 0 saturated heterocycles. The van der Waals surface area contributed by atoms with Crippen LogP contribution in [0, 0.1) is 13.8 Å². The molecule has 120 valence electrons. The highest BCUT2D eigenvalue weighted by Crippen LogP contribution is 2.30. The van der Waals surface area contributed by atoms with Gasteiger partial charge in [-0.2, -0.15) is 5.10 Å². The molecule has 4 N–H and O–H groups in total. The van der Waals surface area contributed by atoms with Gasteiger partial charge >= 0.3 is 0 Å². The van der Waals surface area contributed by atoms with Crippen molar-refractivity contribution >= 4 is 28.9 Å². The van der Waals surface area contributed by atoms with E-state index in [4.69, 9.17) is 11.7 Å². The van der Waals surface area contributed by atoms with Gasteiger partial charge in [-0.25, -0.2) is 5.84 Å². The van der Waals surface area contributed by atoms with Gasteiger partial charge in [0.25, 0.3) is 0 Å². The molecule has 0 aliphatic rings. The highest BCUT2D eigenvalue weighted by Gasteiger charge is 2.20. The van der Waals surface area contributed by atoms with Crippen LogP contribution in [-0.4, -0.2) is 11.5 Å². The van der Waals surface area contributed by atoms with Crippen LogP contribution in [0.5, 0.6) is 0 Å². The van der Waals surface area contributed by atoms with E-state index in [0.717, 1.165) is 28.7 Å². The molecule has 0 bridgehead atoms. The number of anilines is 1. The number of benzene rings is 2. The molecule has 0 amide bonds. The number of thioether (sulfide) groups is 1. The quantitative estimate of drug-likeness (QED) is 0.296. The lowest BCUT2D eigenvalue weighted by molar-refractivity contribution is -0.107. The molecule has 2 rings (SSSR count). The van der Waals surface area contributed by atoms with Gasteiger partial charge in [-0.15, -0.1) is 0 Å². The van der Waals surface area contributed by atoms with Gasteiger partial charge in [-0.3, -0.25) is 5.01 Å². The number of nitrogens with two attached hydrogens (primary N) is 2. The van der Waals surface area contributed by atoms with E-state index in [-0.39, 0.29) is 0 Å². The van der Waals surface area contributed by atoms with E-state index in [2.05, 4.69) is 5.10 Å². The van der Waals surface area contributed by atoms with Crippen molar-refractivity contribution in [1.82, 2.24) is 0 Å². The van der Waals surface area contributed by atoms with E-state index >= 15 is 0 Å². The van der Waals surface area contributed by atoms with Gasteiger partial charge in [-0.05, 0) is 36.6 Å². The van der Waals surface area contributed by atoms with E-state index in [9.17, 15) is 4.79 Å². The highest BCUT2D eigenvalue weighted by atomic mass is 32.2. The zero-order valence-electron chi connectivity index (χ0n) is 13.1. The third-order valence-corrected chi connectivity index (χ3v) is 4.57. The maximum atomic E-state index is 11.5. The summed E-state index contributed by atoms with van der Waals surface area (Å²) in [5, 5.41) is 5.15. The molecule has 0 heterocycles. The average molecular weight is 328 g/mol. The van der Waals surface area contributed by atoms with Gasteiger partial charge < -0.3 is 10.6 Å². The fraction of sp³-hybridized carbons (Fsp3) is 0.176. The molecular weight excluding hydrogens is 308 g/mol. The van der Waals surface area contributed by atoms with Crippen LogP contribution in [-0.2, 0) is 4.79 Å². The van der Waals surface area contributed by atoms with E-state index in [0.29, 0.717) is 5.17 Å². The standard InChI is InChI=1S/C17H20N4OS/c1-12-8-9-13(2)15(10-12)21(19)17(20-18)23-16(11-22)14-6-4-3-5-7-14/h3-11,16H,18-19H2,1-2H3/b20-17+. The van der Waals surface area contributed by atoms with E-state index in [1.165, 1.54) is 16.8 Å². The van der Waals surface area contributed by atoms with Crippen molar-refractivity contribution in [3.63, 3.8) is 0 Å². The van der Waals surface area contributed by atoms with Crippen LogP contribution in [0.15, 0.2) is 53.6 Å². The molecule has 5 nitrogen and oxygen atoms in total. The Kier molecular flexibility index (Phi) is 5.78. The van der Waals surface area contributed by atoms with Gasteiger partial charge in [0, 0.05) is 0 Å². The second-order valence-electron chi connectivity index (χ2n) is 5.16. The van der Waals surface area contributed by atoms with Crippen molar-refractivity contribution in [2.24, 2.45) is 16.8 Å². The normalized spacial score (nSPS) is 12.7. The molecule has 1 unspecified atom stereocenters. The molecule has 2 aromatic carbocycles. The maximum absolute atomic E-state index is 11.5. The van der Waals surface area contributed by atoms with Crippen LogP contribution in [0.2, 0.25) is 0 Å². The second kappa shape index (κ2) is 7.80. The molecule has 0 saturated carbocycles. The first-order chi connectivity index (χ1) is 11.1. The first-order valence-electron chi connectivity index (χ1n) is 7.13. The second-order valence-corrected chi connectivity index (χ2v) is 6.27. The van der Waals surface area contributed by atoms with Gasteiger partial charge in [0.15, 0.2) is 0 Å². The summed E-state index contributed by atoms with van der Waals surface area (Å²) in [7, 11) is 0. The summed E-state index contributed by atoms with van der Waals surface area (Å²) in [6.07, 6.45) is 0.863. The lowest BCUT2D eigenvalue weighted by Gasteiger charge is -2.23. The zero-order valence-corrected chi connectivity index (χ0v) is 14.0. The maximum Gasteiger partial charge on any atom is 0.202 e. The lowest BCUT2D eigenvalue weighted by Crippen LogP contribution is -2.37. The fourth-order valence-electron chi connectivity index (χ4n) is 2.16. The van der Waals surface area contributed by atoms with E-state index in [1.807, 2.05) is 62.4 Å². The van der Waals surface area contributed by atoms with Gasteiger partial charge in [0.1, 0.15) is 6.29 Å². The highest BCUT2D eigenvalue weighted by molar-refractivity contribution is 8.14. The molecule has 0 aliphatic heterocycles. The molecule has 1 atom stereocenters. The number of aryl methyl sites for hydroxylation is 2. The van der Waals surface area contributed by atoms with Gasteiger partial charge in [-0.1, -0.05) is 54.2 Å². The Labute approximate surface area is 140 Å². The lowest BCUT2D eigenvalue weighted by atomic mass is 10.1. The molecule has 6 heteroatoms. The number of carbonyl (C=O) groups excluding carboxylic acids is 1. The molecule has 23 heavy (non-hydrogen) atoms. The van der Waals surface area contributed by atoms with Gasteiger partial charge in [0.05, 0.1) is 10.9 Å². The SMILES string of the molecule is Cc1ccc(C)c(N(N)/C(=N\N)SC(C=O)c2ccccc2)c1. The predicted octanol–water partition coefficient (Wildman–Crippen LogP) is 2.89. The molecule has 2 aromatic rings. The minimum Gasteiger partial charge on any atom is -0.321 e. The van der Waals surface area contributed by atoms with Crippen LogP contribution in [0.25, 0.3) is 0 Å². The average Bonchev–Trinajstić information content (AvgIpc) is 2.58. The Morgan fingerprint density at radius 2 is 1.91 bits per heavy atom. The Balaban J connectivity index is 2.25. The largest absolute Gasteiger partial charge is 0.321 e. The third kappa shape index (κ3) is 4.12. The fourth-order valence-corrected chi connectivity index (χ4v) is 3.01. The smallest absolute Gasteiger partial charge is 0.202 e. The molecule has 0 radical (unpaired) electrons. The number of amidine groups is 1. The summed E-state index contributed by atoms with van der Waals surface area (Å²) in [6, 6.07) is 15.4. The predicted molar refractivity (Wildman–Crippen MR) is 97.0 cm³/mol. The summed E-state index contributed by atoms with van der Waals surface area (Å²) in [5.74, 6) is 11.7. The Hall–Kier alpha value is -2.31. The first kappa shape index (κ1) is 17.1. The van der Waals surface area contributed by atoms with Crippen LogP contribution in [0.1, 0.15) is 21.9 Å². The number of hydrogen-bond donors (Lipinski definition) is 2. The summed E-state index contributed by atoms with van der Waals surface area (Å²) < 4.78 is 0. The molecule has 0 aliphatic carbocycles. The number of hydrogen-bond acceptors (Lipinski definition) is 5. The van der Waals surface area contributed by atoms with Crippen molar-refractivity contribution < 1.29 is 4.79 Å². The van der Waals surface area contributed by atoms with E-state index in [1.54, 1.807) is 0 Å². The summed E-state index contributed by atoms with van der Waals surface area (Å²) in [4.78, 5) is 11.5.